The zero-order valence-electron chi connectivity index (χ0n) is 17.4. The fourth-order valence-corrected chi connectivity index (χ4v) is 3.80. The summed E-state index contributed by atoms with van der Waals surface area (Å²) in [5.74, 6) is 1.44. The smallest absolute Gasteiger partial charge is 0.223 e. The molecule has 1 saturated heterocycles. The Bertz CT molecular complexity index is 1000. The molecule has 1 fully saturated rings. The van der Waals surface area contributed by atoms with E-state index >= 15 is 0 Å². The molecule has 1 amide bonds. The van der Waals surface area contributed by atoms with Gasteiger partial charge in [-0.25, -0.2) is 4.98 Å². The molecule has 0 spiro atoms. The number of rotatable bonds is 8. The van der Waals surface area contributed by atoms with Crippen LogP contribution in [0.3, 0.4) is 0 Å². The normalized spacial score (nSPS) is 16.3. The number of morpholine rings is 1. The van der Waals surface area contributed by atoms with Gasteiger partial charge in [-0.3, -0.25) is 9.59 Å². The highest BCUT2D eigenvalue weighted by atomic mass is 16.5. The van der Waals surface area contributed by atoms with E-state index in [0.29, 0.717) is 50.5 Å². The highest BCUT2D eigenvalue weighted by Gasteiger charge is 2.29. The minimum absolute atomic E-state index is 0.0297. The lowest BCUT2D eigenvalue weighted by atomic mass is 10.0. The number of hydrogen-bond acceptors (Lipinski definition) is 5. The third kappa shape index (κ3) is 5.47. The Hall–Kier alpha value is -3.25. The maximum Gasteiger partial charge on any atom is 0.223 e. The lowest BCUT2D eigenvalue weighted by Crippen LogP contribution is -2.49. The topological polar surface area (TPSA) is 72.6 Å². The molecule has 4 rings (SSSR count). The van der Waals surface area contributed by atoms with Gasteiger partial charge in [0, 0.05) is 36.9 Å². The molecule has 1 atom stereocenters. The molecule has 1 aliphatic rings. The Morgan fingerprint density at radius 2 is 1.77 bits per heavy atom. The highest BCUT2D eigenvalue weighted by Crippen LogP contribution is 2.21. The molecule has 6 heteroatoms. The number of carbonyl (C=O) groups excluding carboxylic acids is 2. The molecule has 6 nitrogen and oxygen atoms in total. The summed E-state index contributed by atoms with van der Waals surface area (Å²) >= 11 is 0. The first kappa shape index (κ1) is 21.0. The third-order valence-electron chi connectivity index (χ3n) is 5.46. The SMILES string of the molecule is O=C(C[C@@H]1COCCN1C(=O)CCCc1ncc(-c2ccccc2)o1)c1ccccc1. The first-order valence-electron chi connectivity index (χ1n) is 10.7. The van der Waals surface area contributed by atoms with Gasteiger partial charge in [0.2, 0.25) is 5.91 Å². The quantitative estimate of drug-likeness (QED) is 0.514. The summed E-state index contributed by atoms with van der Waals surface area (Å²) in [5.41, 5.74) is 1.65. The van der Waals surface area contributed by atoms with Crippen LogP contribution in [0.15, 0.2) is 71.3 Å². The summed E-state index contributed by atoms with van der Waals surface area (Å²) in [6.45, 7) is 1.41. The first-order chi connectivity index (χ1) is 15.2. The van der Waals surface area contributed by atoms with Crippen LogP contribution in [0.1, 0.15) is 35.5 Å². The van der Waals surface area contributed by atoms with E-state index in [1.807, 2.05) is 48.5 Å². The van der Waals surface area contributed by atoms with Crippen LogP contribution < -0.4 is 0 Å². The van der Waals surface area contributed by atoms with E-state index in [2.05, 4.69) is 4.98 Å². The van der Waals surface area contributed by atoms with Gasteiger partial charge in [-0.2, -0.15) is 0 Å². The van der Waals surface area contributed by atoms with Crippen LogP contribution in [0.25, 0.3) is 11.3 Å². The average molecular weight is 418 g/mol. The molecule has 160 valence electrons. The standard InChI is InChI=1S/C25H26N2O4/c28-22(19-8-3-1-4-9-19)16-21-18-30-15-14-27(21)25(29)13-7-12-24-26-17-23(31-24)20-10-5-2-6-11-20/h1-6,8-11,17,21H,7,12-16,18H2/t21-/m1/s1. The van der Waals surface area contributed by atoms with Crippen molar-refractivity contribution < 1.29 is 18.7 Å². The Morgan fingerprint density at radius 3 is 2.55 bits per heavy atom. The number of ether oxygens (including phenoxy) is 1. The second-order valence-corrected chi connectivity index (χ2v) is 7.65. The van der Waals surface area contributed by atoms with Crippen molar-refractivity contribution in [2.24, 2.45) is 0 Å². The molecule has 0 N–H and O–H groups in total. The van der Waals surface area contributed by atoms with E-state index in [1.54, 1.807) is 23.2 Å². The van der Waals surface area contributed by atoms with Gasteiger partial charge >= 0.3 is 0 Å². The molecule has 0 unspecified atom stereocenters. The summed E-state index contributed by atoms with van der Waals surface area (Å²) in [7, 11) is 0. The van der Waals surface area contributed by atoms with Crippen molar-refractivity contribution >= 4 is 11.7 Å². The number of Topliss-reactive ketones (excluding diaryl/α,β-unsaturated/α-hetero) is 1. The molecule has 2 aromatic carbocycles. The van der Waals surface area contributed by atoms with Crippen LogP contribution in [0.4, 0.5) is 0 Å². The maximum atomic E-state index is 12.9. The number of aromatic nitrogens is 1. The number of oxazole rings is 1. The van der Waals surface area contributed by atoms with Crippen molar-refractivity contribution in [3.05, 3.63) is 78.3 Å². The Morgan fingerprint density at radius 1 is 1.03 bits per heavy atom. The minimum atomic E-state index is -0.222. The van der Waals surface area contributed by atoms with Gasteiger partial charge in [0.15, 0.2) is 17.4 Å². The monoisotopic (exact) mass is 418 g/mol. The molecule has 1 aliphatic heterocycles. The summed E-state index contributed by atoms with van der Waals surface area (Å²) in [5, 5.41) is 0. The van der Waals surface area contributed by atoms with E-state index < -0.39 is 0 Å². The Labute approximate surface area is 181 Å². The van der Waals surface area contributed by atoms with Crippen LogP contribution in [-0.2, 0) is 16.0 Å². The second-order valence-electron chi connectivity index (χ2n) is 7.65. The lowest BCUT2D eigenvalue weighted by Gasteiger charge is -2.35. The predicted octanol–water partition coefficient (Wildman–Crippen LogP) is 4.16. The van der Waals surface area contributed by atoms with E-state index in [9.17, 15) is 9.59 Å². The van der Waals surface area contributed by atoms with Crippen molar-refractivity contribution in [3.63, 3.8) is 0 Å². The van der Waals surface area contributed by atoms with Gasteiger partial charge < -0.3 is 14.1 Å². The number of amides is 1. The van der Waals surface area contributed by atoms with Crippen molar-refractivity contribution in [1.82, 2.24) is 9.88 Å². The van der Waals surface area contributed by atoms with E-state index in [1.165, 1.54) is 0 Å². The summed E-state index contributed by atoms with van der Waals surface area (Å²) in [6.07, 6.45) is 3.62. The van der Waals surface area contributed by atoms with Gasteiger partial charge in [-0.05, 0) is 6.42 Å². The molecule has 0 aliphatic carbocycles. The van der Waals surface area contributed by atoms with E-state index in [0.717, 1.165) is 11.3 Å². The van der Waals surface area contributed by atoms with E-state index in [-0.39, 0.29) is 24.2 Å². The predicted molar refractivity (Wildman–Crippen MR) is 117 cm³/mol. The van der Waals surface area contributed by atoms with Crippen molar-refractivity contribution in [1.29, 1.82) is 0 Å². The fraction of sp³-hybridized carbons (Fsp3) is 0.320. The molecule has 1 aromatic heterocycles. The summed E-state index contributed by atoms with van der Waals surface area (Å²) in [4.78, 5) is 31.6. The zero-order valence-corrected chi connectivity index (χ0v) is 17.4. The van der Waals surface area contributed by atoms with Gasteiger partial charge in [-0.1, -0.05) is 60.7 Å². The van der Waals surface area contributed by atoms with Crippen LogP contribution in [0.2, 0.25) is 0 Å². The Balaban J connectivity index is 1.30. The van der Waals surface area contributed by atoms with Gasteiger partial charge in [0.1, 0.15) is 0 Å². The Kier molecular flexibility index (Phi) is 6.89. The molecule has 0 bridgehead atoms. The largest absolute Gasteiger partial charge is 0.441 e. The fourth-order valence-electron chi connectivity index (χ4n) is 3.80. The van der Waals surface area contributed by atoms with Gasteiger partial charge in [0.25, 0.3) is 0 Å². The number of aryl methyl sites for hydroxylation is 1. The van der Waals surface area contributed by atoms with Crippen LogP contribution >= 0.6 is 0 Å². The van der Waals surface area contributed by atoms with Crippen LogP contribution in [-0.4, -0.2) is 47.4 Å². The molecule has 31 heavy (non-hydrogen) atoms. The summed E-state index contributed by atoms with van der Waals surface area (Å²) < 4.78 is 11.4. The van der Waals surface area contributed by atoms with Crippen molar-refractivity contribution in [3.8, 4) is 11.3 Å². The molecular weight excluding hydrogens is 392 g/mol. The molecular formula is C25H26N2O4. The third-order valence-corrected chi connectivity index (χ3v) is 5.46. The number of hydrogen-bond donors (Lipinski definition) is 0. The molecule has 0 radical (unpaired) electrons. The second kappa shape index (κ2) is 10.2. The summed E-state index contributed by atoms with van der Waals surface area (Å²) in [6, 6.07) is 18.8. The number of ketones is 1. The van der Waals surface area contributed by atoms with Crippen LogP contribution in [0, 0.1) is 0 Å². The molecule has 0 saturated carbocycles. The number of benzene rings is 2. The van der Waals surface area contributed by atoms with Crippen LogP contribution in [0.5, 0.6) is 0 Å². The van der Waals surface area contributed by atoms with Gasteiger partial charge in [0.05, 0.1) is 25.5 Å². The van der Waals surface area contributed by atoms with Crippen molar-refractivity contribution in [2.45, 2.75) is 31.7 Å². The van der Waals surface area contributed by atoms with Gasteiger partial charge in [-0.15, -0.1) is 0 Å². The van der Waals surface area contributed by atoms with Crippen molar-refractivity contribution in [2.75, 3.05) is 19.8 Å². The molecule has 3 aromatic rings. The maximum absolute atomic E-state index is 12.9. The van der Waals surface area contributed by atoms with E-state index in [4.69, 9.17) is 9.15 Å². The average Bonchev–Trinajstić information content (AvgIpc) is 3.29. The molecule has 2 heterocycles. The first-order valence-corrected chi connectivity index (χ1v) is 10.7. The highest BCUT2D eigenvalue weighted by molar-refractivity contribution is 5.96. The zero-order chi connectivity index (χ0) is 21.5. The number of carbonyl (C=O) groups is 2. The minimum Gasteiger partial charge on any atom is -0.441 e. The lowest BCUT2D eigenvalue weighted by molar-refractivity contribution is -0.139. The number of nitrogens with zero attached hydrogens (tertiary/aromatic N) is 2.